The zero-order chi connectivity index (χ0) is 18.1. The van der Waals surface area contributed by atoms with Gasteiger partial charge in [0, 0.05) is 26.6 Å². The van der Waals surface area contributed by atoms with Crippen molar-refractivity contribution >= 4 is 11.8 Å². The number of carbonyl (C=O) groups is 2. The Hall–Kier alpha value is -1.40. The summed E-state index contributed by atoms with van der Waals surface area (Å²) in [6, 6.07) is -0.191. The minimum atomic E-state index is -0.268. The van der Waals surface area contributed by atoms with E-state index in [9.17, 15) is 9.59 Å². The van der Waals surface area contributed by atoms with Crippen LogP contribution >= 0.6 is 0 Å². The lowest BCUT2D eigenvalue weighted by Gasteiger charge is -2.55. The Balaban J connectivity index is 1.33. The first-order chi connectivity index (χ1) is 12.6. The molecule has 1 saturated carbocycles. The van der Waals surface area contributed by atoms with Gasteiger partial charge in [-0.2, -0.15) is 0 Å². The average Bonchev–Trinajstić information content (AvgIpc) is 3.43. The van der Waals surface area contributed by atoms with Crippen LogP contribution in [0.15, 0.2) is 11.6 Å². The minimum absolute atomic E-state index is 0.0389. The number of amides is 2. The third-order valence-corrected chi connectivity index (χ3v) is 6.29. The molecule has 6 heteroatoms. The number of morpholine rings is 1. The molecule has 2 saturated heterocycles. The topological polar surface area (TPSA) is 61.9 Å². The van der Waals surface area contributed by atoms with Crippen LogP contribution in [0, 0.1) is 5.92 Å². The molecule has 3 fully saturated rings. The Morgan fingerprint density at radius 2 is 2.08 bits per heavy atom. The lowest BCUT2D eigenvalue weighted by Crippen LogP contribution is -2.73. The highest BCUT2D eigenvalue weighted by atomic mass is 16.5. The summed E-state index contributed by atoms with van der Waals surface area (Å²) < 4.78 is 6.13. The molecule has 0 radical (unpaired) electrons. The van der Waals surface area contributed by atoms with Crippen molar-refractivity contribution < 1.29 is 14.3 Å². The highest BCUT2D eigenvalue weighted by Gasteiger charge is 2.52. The van der Waals surface area contributed by atoms with Gasteiger partial charge in [-0.1, -0.05) is 11.6 Å². The van der Waals surface area contributed by atoms with Gasteiger partial charge >= 0.3 is 0 Å². The van der Waals surface area contributed by atoms with Crippen LogP contribution in [0.3, 0.4) is 0 Å². The second-order valence-corrected chi connectivity index (χ2v) is 8.53. The third-order valence-electron chi connectivity index (χ3n) is 6.29. The largest absolute Gasteiger partial charge is 0.368 e. The molecule has 2 aliphatic heterocycles. The maximum Gasteiger partial charge on any atom is 0.239 e. The van der Waals surface area contributed by atoms with Crippen molar-refractivity contribution in [1.82, 2.24) is 15.1 Å². The Morgan fingerprint density at radius 1 is 1.27 bits per heavy atom. The number of rotatable bonds is 5. The molecular formula is C20H31N3O3. The van der Waals surface area contributed by atoms with Gasteiger partial charge in [-0.3, -0.25) is 14.5 Å². The van der Waals surface area contributed by atoms with Crippen LogP contribution in [0.5, 0.6) is 0 Å². The first-order valence-corrected chi connectivity index (χ1v) is 10.1. The molecule has 1 N–H and O–H groups in total. The summed E-state index contributed by atoms with van der Waals surface area (Å²) in [6.07, 6.45) is 10.0. The molecule has 144 valence electrons. The molecule has 0 aromatic heterocycles. The Bertz CT molecular complexity index is 593. The van der Waals surface area contributed by atoms with E-state index in [1.807, 2.05) is 4.90 Å². The van der Waals surface area contributed by atoms with Crippen molar-refractivity contribution in [3.8, 4) is 0 Å². The van der Waals surface area contributed by atoms with E-state index in [1.54, 1.807) is 7.05 Å². The number of allylic oxidation sites excluding steroid dienone is 1. The van der Waals surface area contributed by atoms with E-state index in [4.69, 9.17) is 4.74 Å². The van der Waals surface area contributed by atoms with Gasteiger partial charge in [0.05, 0.1) is 19.7 Å². The van der Waals surface area contributed by atoms with Crippen LogP contribution in [-0.4, -0.2) is 73.1 Å². The van der Waals surface area contributed by atoms with Crippen LogP contribution < -0.4 is 5.32 Å². The van der Waals surface area contributed by atoms with Crippen LogP contribution in [0.25, 0.3) is 0 Å². The summed E-state index contributed by atoms with van der Waals surface area (Å²) in [5.74, 6) is 1.000. The number of hydrogen-bond acceptors (Lipinski definition) is 4. The van der Waals surface area contributed by atoms with Crippen LogP contribution in [0.2, 0.25) is 0 Å². The normalized spacial score (nSPS) is 28.4. The van der Waals surface area contributed by atoms with Gasteiger partial charge in [-0.25, -0.2) is 0 Å². The zero-order valence-corrected chi connectivity index (χ0v) is 15.8. The number of carbonyl (C=O) groups excluding carboxylic acids is 2. The summed E-state index contributed by atoms with van der Waals surface area (Å²) in [5.41, 5.74) is 1.04. The van der Waals surface area contributed by atoms with E-state index in [1.165, 1.54) is 31.3 Å². The first kappa shape index (κ1) is 18.0. The maximum atomic E-state index is 12.6. The maximum absolute atomic E-state index is 12.6. The molecule has 0 aromatic carbocycles. The molecule has 1 atom stereocenters. The van der Waals surface area contributed by atoms with Crippen LogP contribution in [0.1, 0.15) is 44.9 Å². The third kappa shape index (κ3) is 3.81. The van der Waals surface area contributed by atoms with E-state index in [-0.39, 0.29) is 23.5 Å². The number of nitrogens with one attached hydrogen (secondary N) is 1. The summed E-state index contributed by atoms with van der Waals surface area (Å²) in [7, 11) is 1.69. The first-order valence-electron chi connectivity index (χ1n) is 10.1. The zero-order valence-electron chi connectivity index (χ0n) is 15.8. The molecule has 26 heavy (non-hydrogen) atoms. The monoisotopic (exact) mass is 361 g/mol. The predicted molar refractivity (Wildman–Crippen MR) is 98.6 cm³/mol. The SMILES string of the molecule is CNC(=O)[C@H]1COC2(CN(C(=O)CC3=CCCCC3)C2)CN1CC1CC1. The molecule has 2 aliphatic carbocycles. The summed E-state index contributed by atoms with van der Waals surface area (Å²) >= 11 is 0. The number of likely N-dealkylation sites (tertiary alicyclic amines) is 1. The summed E-state index contributed by atoms with van der Waals surface area (Å²) in [5, 5.41) is 2.76. The Labute approximate surface area is 155 Å². The van der Waals surface area contributed by atoms with Gasteiger partial charge in [0.15, 0.2) is 0 Å². The fourth-order valence-electron chi connectivity index (χ4n) is 4.51. The van der Waals surface area contributed by atoms with Gasteiger partial charge in [-0.15, -0.1) is 0 Å². The van der Waals surface area contributed by atoms with Crippen LogP contribution in [0.4, 0.5) is 0 Å². The molecule has 6 nitrogen and oxygen atoms in total. The lowest BCUT2D eigenvalue weighted by molar-refractivity contribution is -0.204. The fraction of sp³-hybridized carbons (Fsp3) is 0.800. The molecule has 0 bridgehead atoms. The van der Waals surface area contributed by atoms with Gasteiger partial charge < -0.3 is 15.0 Å². The summed E-state index contributed by atoms with van der Waals surface area (Å²) in [6.45, 7) is 3.50. The number of hydrogen-bond donors (Lipinski definition) is 1. The van der Waals surface area contributed by atoms with Crippen molar-refractivity contribution in [2.75, 3.05) is 39.8 Å². The van der Waals surface area contributed by atoms with E-state index in [2.05, 4.69) is 16.3 Å². The van der Waals surface area contributed by atoms with Crippen LogP contribution in [-0.2, 0) is 14.3 Å². The number of likely N-dealkylation sites (N-methyl/N-ethyl adjacent to an activating group) is 1. The lowest BCUT2D eigenvalue weighted by atomic mass is 9.88. The minimum Gasteiger partial charge on any atom is -0.368 e. The molecule has 0 aromatic rings. The second kappa shape index (κ2) is 7.31. The van der Waals surface area contributed by atoms with Gasteiger partial charge in [0.2, 0.25) is 11.8 Å². The van der Waals surface area contributed by atoms with E-state index >= 15 is 0 Å². The van der Waals surface area contributed by atoms with Crippen molar-refractivity contribution in [2.45, 2.75) is 56.6 Å². The smallest absolute Gasteiger partial charge is 0.239 e. The quantitative estimate of drug-likeness (QED) is 0.750. The van der Waals surface area contributed by atoms with E-state index < -0.39 is 0 Å². The van der Waals surface area contributed by atoms with Crippen molar-refractivity contribution in [2.24, 2.45) is 5.92 Å². The Morgan fingerprint density at radius 3 is 2.73 bits per heavy atom. The second-order valence-electron chi connectivity index (χ2n) is 8.53. The highest BCUT2D eigenvalue weighted by molar-refractivity contribution is 5.82. The molecule has 0 unspecified atom stereocenters. The highest BCUT2D eigenvalue weighted by Crippen LogP contribution is 2.36. The molecule has 2 heterocycles. The standard InChI is InChI=1S/C20H31N3O3/c1-21-19(25)17-11-26-20(12-22(17)10-16-7-8-16)13-23(14-20)18(24)9-15-5-3-2-4-6-15/h5,16-17H,2-4,6-14H2,1H3,(H,21,25)/t17-/m1/s1. The van der Waals surface area contributed by atoms with Gasteiger partial charge in [0.25, 0.3) is 0 Å². The van der Waals surface area contributed by atoms with E-state index in [0.29, 0.717) is 26.1 Å². The van der Waals surface area contributed by atoms with E-state index in [0.717, 1.165) is 31.8 Å². The molecule has 4 rings (SSSR count). The number of nitrogens with zero attached hydrogens (tertiary/aromatic N) is 2. The number of ether oxygens (including phenoxy) is 1. The molecule has 1 spiro atoms. The van der Waals surface area contributed by atoms with Crippen molar-refractivity contribution in [3.05, 3.63) is 11.6 Å². The Kier molecular flexibility index (Phi) is 5.06. The fourth-order valence-corrected chi connectivity index (χ4v) is 4.51. The average molecular weight is 361 g/mol. The molecule has 4 aliphatic rings. The summed E-state index contributed by atoms with van der Waals surface area (Å²) in [4.78, 5) is 29.0. The molecule has 2 amide bonds. The van der Waals surface area contributed by atoms with Gasteiger partial charge in [0.1, 0.15) is 11.6 Å². The molecular weight excluding hydrogens is 330 g/mol. The predicted octanol–water partition coefficient (Wildman–Crippen LogP) is 1.31. The van der Waals surface area contributed by atoms with Crippen molar-refractivity contribution in [1.29, 1.82) is 0 Å². The van der Waals surface area contributed by atoms with Gasteiger partial charge in [-0.05, 0) is 44.4 Å². The van der Waals surface area contributed by atoms with Crippen molar-refractivity contribution in [3.63, 3.8) is 0 Å².